The van der Waals surface area contributed by atoms with Gasteiger partial charge in [-0.05, 0) is 66.6 Å². The van der Waals surface area contributed by atoms with Crippen LogP contribution >= 0.6 is 11.6 Å². The van der Waals surface area contributed by atoms with Gasteiger partial charge in [-0.3, -0.25) is 0 Å². The van der Waals surface area contributed by atoms with E-state index in [-0.39, 0.29) is 18.3 Å². The van der Waals surface area contributed by atoms with Crippen LogP contribution in [0.4, 0.5) is 4.39 Å². The van der Waals surface area contributed by atoms with Gasteiger partial charge in [0.05, 0.1) is 0 Å². The summed E-state index contributed by atoms with van der Waals surface area (Å²) >= 11 is 5.86. The lowest BCUT2D eigenvalue weighted by Gasteiger charge is -2.16. The van der Waals surface area contributed by atoms with Crippen LogP contribution in [-0.2, 0) is 12.8 Å². The number of halogens is 2. The van der Waals surface area contributed by atoms with Crippen LogP contribution in [0.3, 0.4) is 0 Å². The fourth-order valence-corrected chi connectivity index (χ4v) is 2.48. The molecule has 0 amide bonds. The highest BCUT2D eigenvalue weighted by molar-refractivity contribution is 6.30. The maximum absolute atomic E-state index is 13.1. The van der Waals surface area contributed by atoms with E-state index in [0.717, 1.165) is 29.5 Å². The predicted octanol–water partition coefficient (Wildman–Crippen LogP) is 4.18. The van der Waals surface area contributed by atoms with Crippen molar-refractivity contribution in [1.29, 1.82) is 0 Å². The maximum atomic E-state index is 13.1. The van der Waals surface area contributed by atoms with Crippen LogP contribution in [-0.4, -0.2) is 11.7 Å². The molecule has 0 bridgehead atoms. The number of aryl methyl sites for hydroxylation is 1. The Hall–Kier alpha value is -1.38. The zero-order valence-corrected chi connectivity index (χ0v) is 12.2. The molecular formula is C17H18ClFO. The van der Waals surface area contributed by atoms with Crippen molar-refractivity contribution in [2.45, 2.75) is 19.8 Å². The van der Waals surface area contributed by atoms with Crippen LogP contribution in [0.25, 0.3) is 0 Å². The molecule has 106 valence electrons. The van der Waals surface area contributed by atoms with E-state index in [9.17, 15) is 9.50 Å². The molecule has 1 unspecified atom stereocenters. The van der Waals surface area contributed by atoms with Crippen molar-refractivity contribution < 1.29 is 9.50 Å². The number of aliphatic hydroxyl groups excluding tert-OH is 1. The number of aliphatic hydroxyl groups is 1. The van der Waals surface area contributed by atoms with Crippen LogP contribution in [0.1, 0.15) is 16.7 Å². The lowest BCUT2D eigenvalue weighted by molar-refractivity contribution is 0.225. The van der Waals surface area contributed by atoms with E-state index in [1.165, 1.54) is 12.1 Å². The molecule has 0 aliphatic rings. The zero-order valence-electron chi connectivity index (χ0n) is 11.4. The Morgan fingerprint density at radius 3 is 2.40 bits per heavy atom. The zero-order chi connectivity index (χ0) is 14.5. The summed E-state index contributed by atoms with van der Waals surface area (Å²) in [5.41, 5.74) is 3.16. The van der Waals surface area contributed by atoms with E-state index in [0.29, 0.717) is 5.02 Å². The molecule has 0 heterocycles. The first-order valence-corrected chi connectivity index (χ1v) is 7.06. The Kier molecular flexibility index (Phi) is 5.16. The third-order valence-corrected chi connectivity index (χ3v) is 3.76. The van der Waals surface area contributed by atoms with Crippen LogP contribution < -0.4 is 0 Å². The normalized spacial score (nSPS) is 12.4. The van der Waals surface area contributed by atoms with Crippen molar-refractivity contribution >= 4 is 11.6 Å². The highest BCUT2D eigenvalue weighted by Crippen LogP contribution is 2.19. The van der Waals surface area contributed by atoms with Gasteiger partial charge < -0.3 is 5.11 Å². The van der Waals surface area contributed by atoms with Gasteiger partial charge in [0.25, 0.3) is 0 Å². The number of rotatable bonds is 5. The van der Waals surface area contributed by atoms with Gasteiger partial charge in [0.2, 0.25) is 0 Å². The van der Waals surface area contributed by atoms with Crippen LogP contribution in [0.5, 0.6) is 0 Å². The summed E-state index contributed by atoms with van der Waals surface area (Å²) in [6.45, 7) is 2.01. The largest absolute Gasteiger partial charge is 0.396 e. The van der Waals surface area contributed by atoms with E-state index in [4.69, 9.17) is 11.6 Å². The molecule has 0 fully saturated rings. The minimum absolute atomic E-state index is 0.111. The van der Waals surface area contributed by atoms with Crippen molar-refractivity contribution in [2.75, 3.05) is 6.61 Å². The molecule has 1 N–H and O–H groups in total. The lowest BCUT2D eigenvalue weighted by Crippen LogP contribution is -2.13. The Morgan fingerprint density at radius 2 is 1.80 bits per heavy atom. The van der Waals surface area contributed by atoms with E-state index in [1.807, 2.05) is 31.2 Å². The molecule has 0 aliphatic carbocycles. The Bertz CT molecular complexity index is 566. The van der Waals surface area contributed by atoms with Crippen molar-refractivity contribution in [3.05, 3.63) is 70.0 Å². The molecule has 2 aromatic rings. The second kappa shape index (κ2) is 6.87. The summed E-state index contributed by atoms with van der Waals surface area (Å²) in [6, 6.07) is 12.5. The number of hydrogen-bond acceptors (Lipinski definition) is 1. The van der Waals surface area contributed by atoms with E-state index in [2.05, 4.69) is 0 Å². The maximum Gasteiger partial charge on any atom is 0.123 e. The molecule has 0 spiro atoms. The van der Waals surface area contributed by atoms with Gasteiger partial charge >= 0.3 is 0 Å². The highest BCUT2D eigenvalue weighted by atomic mass is 35.5. The summed E-state index contributed by atoms with van der Waals surface area (Å²) in [6.07, 6.45) is 1.52. The van der Waals surface area contributed by atoms with E-state index in [1.54, 1.807) is 6.07 Å². The summed E-state index contributed by atoms with van der Waals surface area (Å²) in [5.74, 6) is -0.0927. The quantitative estimate of drug-likeness (QED) is 0.876. The van der Waals surface area contributed by atoms with Gasteiger partial charge in [0.1, 0.15) is 5.82 Å². The summed E-state index contributed by atoms with van der Waals surface area (Å²) < 4.78 is 13.1. The minimum Gasteiger partial charge on any atom is -0.396 e. The topological polar surface area (TPSA) is 20.2 Å². The van der Waals surface area contributed by atoms with Gasteiger partial charge in [-0.2, -0.15) is 0 Å². The van der Waals surface area contributed by atoms with Gasteiger partial charge in [-0.25, -0.2) is 4.39 Å². The third kappa shape index (κ3) is 4.06. The number of hydrogen-bond donors (Lipinski definition) is 1. The molecule has 1 atom stereocenters. The smallest absolute Gasteiger partial charge is 0.123 e. The first-order chi connectivity index (χ1) is 9.58. The van der Waals surface area contributed by atoms with Crippen LogP contribution in [0.15, 0.2) is 42.5 Å². The first-order valence-electron chi connectivity index (χ1n) is 6.69. The molecule has 1 nitrogen and oxygen atoms in total. The third-order valence-electron chi connectivity index (χ3n) is 3.51. The second-order valence-electron chi connectivity index (χ2n) is 5.15. The predicted molar refractivity (Wildman–Crippen MR) is 80.6 cm³/mol. The fraction of sp³-hybridized carbons (Fsp3) is 0.294. The SMILES string of the molecule is Cc1cc(F)ccc1CC(CO)Cc1ccc(Cl)cc1. The molecule has 3 heteroatoms. The molecule has 20 heavy (non-hydrogen) atoms. The molecular weight excluding hydrogens is 275 g/mol. The van der Waals surface area contributed by atoms with Crippen LogP contribution in [0, 0.1) is 18.7 Å². The molecule has 0 saturated heterocycles. The van der Waals surface area contributed by atoms with Crippen LogP contribution in [0.2, 0.25) is 5.02 Å². The van der Waals surface area contributed by atoms with Crippen molar-refractivity contribution in [1.82, 2.24) is 0 Å². The minimum atomic E-state index is -0.218. The number of benzene rings is 2. The first kappa shape index (κ1) is 15.0. The molecule has 2 aromatic carbocycles. The standard InChI is InChI=1S/C17H18ClFO/c1-12-8-17(19)7-4-15(12)10-14(11-20)9-13-2-5-16(18)6-3-13/h2-8,14,20H,9-11H2,1H3. The second-order valence-corrected chi connectivity index (χ2v) is 5.59. The summed E-state index contributed by atoms with van der Waals surface area (Å²) in [4.78, 5) is 0. The molecule has 0 aliphatic heterocycles. The van der Waals surface area contributed by atoms with Crippen molar-refractivity contribution in [3.63, 3.8) is 0 Å². The summed E-state index contributed by atoms with van der Waals surface area (Å²) in [7, 11) is 0. The molecule has 0 saturated carbocycles. The molecule has 0 aromatic heterocycles. The molecule has 2 rings (SSSR count). The van der Waals surface area contributed by atoms with Crippen molar-refractivity contribution in [3.8, 4) is 0 Å². The van der Waals surface area contributed by atoms with Gasteiger partial charge in [-0.1, -0.05) is 29.8 Å². The lowest BCUT2D eigenvalue weighted by atomic mass is 9.91. The van der Waals surface area contributed by atoms with Gasteiger partial charge in [-0.15, -0.1) is 0 Å². The van der Waals surface area contributed by atoms with Gasteiger partial charge in [0, 0.05) is 11.6 Å². The average molecular weight is 293 g/mol. The Balaban J connectivity index is 2.07. The highest BCUT2D eigenvalue weighted by Gasteiger charge is 2.11. The Morgan fingerprint density at radius 1 is 1.10 bits per heavy atom. The monoisotopic (exact) mass is 292 g/mol. The summed E-state index contributed by atoms with van der Waals surface area (Å²) in [5, 5.41) is 10.3. The van der Waals surface area contributed by atoms with Gasteiger partial charge in [0.15, 0.2) is 0 Å². The van der Waals surface area contributed by atoms with E-state index >= 15 is 0 Å². The van der Waals surface area contributed by atoms with Crippen molar-refractivity contribution in [2.24, 2.45) is 5.92 Å². The molecule has 0 radical (unpaired) electrons. The van der Waals surface area contributed by atoms with E-state index < -0.39 is 0 Å². The average Bonchev–Trinajstić information content (AvgIpc) is 2.43. The Labute approximate surface area is 124 Å². The fourth-order valence-electron chi connectivity index (χ4n) is 2.35.